The summed E-state index contributed by atoms with van der Waals surface area (Å²) >= 11 is 0.831. The van der Waals surface area contributed by atoms with Gasteiger partial charge in [0.1, 0.15) is 11.5 Å². The maximum Gasteiger partial charge on any atom is 0.416 e. The summed E-state index contributed by atoms with van der Waals surface area (Å²) in [5, 5.41) is 5.09. The van der Waals surface area contributed by atoms with E-state index in [1.54, 1.807) is 36.5 Å². The molecule has 2 N–H and O–H groups in total. The molecule has 0 aliphatic carbocycles. The van der Waals surface area contributed by atoms with Crippen LogP contribution in [0.3, 0.4) is 0 Å². The lowest BCUT2D eigenvalue weighted by atomic mass is 9.97. The Morgan fingerprint density at radius 1 is 1.09 bits per heavy atom. The third-order valence-corrected chi connectivity index (χ3v) is 7.92. The Morgan fingerprint density at radius 3 is 2.56 bits per heavy atom. The highest BCUT2D eigenvalue weighted by Gasteiger charge is 2.32. The van der Waals surface area contributed by atoms with Gasteiger partial charge in [0.2, 0.25) is 5.95 Å². The number of amides is 2. The molecule has 2 fully saturated rings. The van der Waals surface area contributed by atoms with Crippen LogP contribution in [0.1, 0.15) is 29.8 Å². The number of hydrogen-bond acceptors (Lipinski definition) is 10. The first kappa shape index (κ1) is 30.3. The zero-order valence-electron chi connectivity index (χ0n) is 23.4. The number of halogens is 3. The van der Waals surface area contributed by atoms with Gasteiger partial charge in [-0.1, -0.05) is 0 Å². The van der Waals surface area contributed by atoms with Crippen molar-refractivity contribution in [3.05, 3.63) is 64.5 Å². The van der Waals surface area contributed by atoms with Gasteiger partial charge in [-0.3, -0.25) is 19.9 Å². The fourth-order valence-corrected chi connectivity index (χ4v) is 5.55. The average molecular weight is 615 g/mol. The van der Waals surface area contributed by atoms with Gasteiger partial charge in [0.05, 0.1) is 41.8 Å². The number of piperidine rings is 1. The Morgan fingerprint density at radius 2 is 1.88 bits per heavy atom. The molecule has 43 heavy (non-hydrogen) atoms. The first-order valence-corrected chi connectivity index (χ1v) is 14.3. The topological polar surface area (TPSA) is 119 Å². The zero-order chi connectivity index (χ0) is 30.6. The molecular formula is C29H29F3N6O4S. The molecule has 2 aliphatic heterocycles. The van der Waals surface area contributed by atoms with Gasteiger partial charge in [0.25, 0.3) is 11.1 Å². The average Bonchev–Trinajstić information content (AvgIpc) is 3.32. The van der Waals surface area contributed by atoms with E-state index >= 15 is 0 Å². The van der Waals surface area contributed by atoms with Crippen molar-refractivity contribution in [1.29, 1.82) is 0 Å². The van der Waals surface area contributed by atoms with E-state index in [2.05, 4.69) is 25.6 Å². The maximum absolute atomic E-state index is 13.8. The Kier molecular flexibility index (Phi) is 9.16. The van der Waals surface area contributed by atoms with Crippen LogP contribution in [0.2, 0.25) is 0 Å². The fraction of sp³-hybridized carbons (Fsp3) is 0.345. The number of hydrogen-bond donors (Lipinski definition) is 2. The zero-order valence-corrected chi connectivity index (χ0v) is 24.2. The summed E-state index contributed by atoms with van der Waals surface area (Å²) in [4.78, 5) is 39.0. The van der Waals surface area contributed by atoms with Crippen LogP contribution in [0.15, 0.2) is 47.5 Å². The molecule has 0 radical (unpaired) electrons. The van der Waals surface area contributed by atoms with Crippen LogP contribution in [-0.2, 0) is 17.5 Å². The lowest BCUT2D eigenvalue weighted by Crippen LogP contribution is -2.38. The highest BCUT2D eigenvalue weighted by Crippen LogP contribution is 2.36. The predicted octanol–water partition coefficient (Wildman–Crippen LogP) is 4.90. The van der Waals surface area contributed by atoms with Crippen LogP contribution >= 0.6 is 11.8 Å². The molecule has 3 aromatic rings. The second kappa shape index (κ2) is 13.0. The highest BCUT2D eigenvalue weighted by atomic mass is 32.2. The summed E-state index contributed by atoms with van der Waals surface area (Å²) < 4.78 is 51.9. The number of carbonyl (C=O) groups excluding carboxylic acids is 2. The molecule has 4 heterocycles. The van der Waals surface area contributed by atoms with Crippen molar-refractivity contribution in [1.82, 2.24) is 25.6 Å². The Balaban J connectivity index is 1.20. The standard InChI is InChI=1S/C29H29F3N6O4S/c1-41-21-3-4-22(24(14-21)42-2)23-12-18(29(30,31)32)11-20(35-23)16-33-15-17-6-9-38(10-7-17)27-34-8-5-19(36-27)13-25-26(39)37-28(40)43-25/h3-5,8,11-14,17,33H,6-7,9-10,15-16H2,1-2H3,(H,37,39,40)/b25-13+. The Bertz CT molecular complexity index is 1540. The van der Waals surface area contributed by atoms with Crippen molar-refractivity contribution in [2.75, 3.05) is 38.8 Å². The smallest absolute Gasteiger partial charge is 0.416 e. The van der Waals surface area contributed by atoms with E-state index in [-0.39, 0.29) is 22.8 Å². The first-order chi connectivity index (χ1) is 20.6. The number of thioether (sulfide) groups is 1. The molecule has 5 rings (SSSR count). The SMILES string of the molecule is COc1ccc(-c2cc(C(F)(F)F)cc(CNCC3CCN(c4nccc(/C=C5/SC(=O)NC5=O)n4)CC3)n2)c(OC)c1. The van der Waals surface area contributed by atoms with Crippen LogP contribution in [0.4, 0.5) is 23.9 Å². The van der Waals surface area contributed by atoms with Crippen LogP contribution < -0.4 is 25.0 Å². The Labute approximate surface area is 250 Å². The number of anilines is 1. The van der Waals surface area contributed by atoms with Gasteiger partial charge in [-0.05, 0) is 73.5 Å². The summed E-state index contributed by atoms with van der Waals surface area (Å²) in [5.74, 6) is 1.27. The lowest BCUT2D eigenvalue weighted by Gasteiger charge is -2.32. The van der Waals surface area contributed by atoms with E-state index in [1.165, 1.54) is 14.2 Å². The number of ether oxygens (including phenoxy) is 2. The molecule has 2 aromatic heterocycles. The minimum Gasteiger partial charge on any atom is -0.497 e. The molecule has 2 aliphatic rings. The maximum atomic E-state index is 13.8. The summed E-state index contributed by atoms with van der Waals surface area (Å²) in [5.41, 5.74) is 0.619. The van der Waals surface area contributed by atoms with Crippen LogP contribution in [0.5, 0.6) is 11.5 Å². The van der Waals surface area contributed by atoms with Gasteiger partial charge >= 0.3 is 6.18 Å². The molecule has 226 valence electrons. The fourth-order valence-electron chi connectivity index (χ4n) is 4.88. The molecule has 2 amide bonds. The normalized spacial score (nSPS) is 17.0. The molecule has 10 nitrogen and oxygen atoms in total. The summed E-state index contributed by atoms with van der Waals surface area (Å²) in [6.45, 7) is 2.18. The third kappa shape index (κ3) is 7.43. The van der Waals surface area contributed by atoms with Crippen molar-refractivity contribution in [2.24, 2.45) is 5.92 Å². The number of benzene rings is 1. The number of alkyl halides is 3. The van der Waals surface area contributed by atoms with E-state index in [1.807, 2.05) is 4.90 Å². The third-order valence-electron chi connectivity index (χ3n) is 7.11. The monoisotopic (exact) mass is 614 g/mol. The summed E-state index contributed by atoms with van der Waals surface area (Å²) in [6, 6.07) is 8.65. The minimum atomic E-state index is -4.53. The van der Waals surface area contributed by atoms with Crippen LogP contribution in [-0.4, -0.2) is 60.0 Å². The van der Waals surface area contributed by atoms with Crippen molar-refractivity contribution in [3.63, 3.8) is 0 Å². The first-order valence-electron chi connectivity index (χ1n) is 13.5. The van der Waals surface area contributed by atoms with E-state index in [9.17, 15) is 22.8 Å². The minimum absolute atomic E-state index is 0.163. The predicted molar refractivity (Wildman–Crippen MR) is 156 cm³/mol. The van der Waals surface area contributed by atoms with Gasteiger partial charge in [-0.15, -0.1) is 0 Å². The van der Waals surface area contributed by atoms with Crippen molar-refractivity contribution in [2.45, 2.75) is 25.6 Å². The van der Waals surface area contributed by atoms with Crippen molar-refractivity contribution >= 4 is 34.9 Å². The van der Waals surface area contributed by atoms with Gasteiger partial charge in [-0.25, -0.2) is 9.97 Å². The number of methoxy groups -OCH3 is 2. The van der Waals surface area contributed by atoms with Gasteiger partial charge in [0.15, 0.2) is 0 Å². The largest absolute Gasteiger partial charge is 0.497 e. The van der Waals surface area contributed by atoms with Crippen LogP contribution in [0.25, 0.3) is 17.3 Å². The number of nitrogens with zero attached hydrogens (tertiary/aromatic N) is 4. The quantitative estimate of drug-likeness (QED) is 0.322. The molecule has 0 bridgehead atoms. The molecule has 0 spiro atoms. The number of rotatable bonds is 9. The van der Waals surface area contributed by atoms with Crippen LogP contribution in [0, 0.1) is 5.92 Å². The van der Waals surface area contributed by atoms with Crippen molar-refractivity contribution in [3.8, 4) is 22.8 Å². The van der Waals surface area contributed by atoms with Gasteiger partial charge < -0.3 is 19.7 Å². The van der Waals surface area contributed by atoms with E-state index in [0.29, 0.717) is 54.3 Å². The lowest BCUT2D eigenvalue weighted by molar-refractivity contribution is -0.137. The molecule has 14 heteroatoms. The Hall–Kier alpha value is -4.17. The van der Waals surface area contributed by atoms with Crippen molar-refractivity contribution < 1.29 is 32.2 Å². The molecule has 0 unspecified atom stereocenters. The second-order valence-electron chi connectivity index (χ2n) is 9.99. The molecular weight excluding hydrogens is 585 g/mol. The molecule has 0 atom stereocenters. The highest BCUT2D eigenvalue weighted by molar-refractivity contribution is 8.18. The number of pyridine rings is 1. The van der Waals surface area contributed by atoms with Gasteiger partial charge in [-0.2, -0.15) is 13.2 Å². The van der Waals surface area contributed by atoms with E-state index in [4.69, 9.17) is 9.47 Å². The summed E-state index contributed by atoms with van der Waals surface area (Å²) in [6.07, 6.45) is 0.302. The second-order valence-corrected chi connectivity index (χ2v) is 11.0. The number of carbonyl (C=O) groups is 2. The molecule has 2 saturated heterocycles. The van der Waals surface area contributed by atoms with E-state index < -0.39 is 22.9 Å². The van der Waals surface area contributed by atoms with Gasteiger partial charge in [0, 0.05) is 37.5 Å². The molecule has 1 aromatic carbocycles. The van der Waals surface area contributed by atoms with E-state index in [0.717, 1.165) is 36.7 Å². The number of aromatic nitrogens is 3. The summed E-state index contributed by atoms with van der Waals surface area (Å²) in [7, 11) is 2.94. The number of nitrogens with one attached hydrogen (secondary N) is 2. The number of imide groups is 1. The molecule has 0 saturated carbocycles.